The fourth-order valence-corrected chi connectivity index (χ4v) is 13.4. The Labute approximate surface area is 353 Å². The van der Waals surface area contributed by atoms with Gasteiger partial charge in [-0.05, 0) is 75.0 Å². The van der Waals surface area contributed by atoms with E-state index in [1.165, 1.54) is 180 Å². The molecular formula is C48H104Br2N2. The Bertz CT molecular complexity index is 658. The van der Waals surface area contributed by atoms with Crippen molar-refractivity contribution in [2.45, 2.75) is 288 Å². The van der Waals surface area contributed by atoms with Gasteiger partial charge in [-0.25, -0.2) is 0 Å². The molecule has 0 aromatic rings. The Morgan fingerprint density at radius 1 is 0.231 bits per heavy atom. The van der Waals surface area contributed by atoms with Gasteiger partial charge >= 0.3 is 0 Å². The van der Waals surface area contributed by atoms with Crippen LogP contribution >= 0.6 is 0 Å². The molecule has 0 fully saturated rings. The molecule has 0 saturated heterocycles. The second kappa shape index (κ2) is 31.9. The van der Waals surface area contributed by atoms with Gasteiger partial charge in [0.15, 0.2) is 0 Å². The van der Waals surface area contributed by atoms with E-state index in [2.05, 4.69) is 96.9 Å². The first-order chi connectivity index (χ1) is 23.8. The van der Waals surface area contributed by atoms with Gasteiger partial charge in [0, 0.05) is 36.5 Å². The van der Waals surface area contributed by atoms with Crippen molar-refractivity contribution in [2.24, 2.45) is 21.7 Å². The second-order valence-corrected chi connectivity index (χ2v) is 17.8. The van der Waals surface area contributed by atoms with Crippen molar-refractivity contribution in [1.29, 1.82) is 0 Å². The van der Waals surface area contributed by atoms with E-state index in [0.29, 0.717) is 21.7 Å². The summed E-state index contributed by atoms with van der Waals surface area (Å²) in [6.45, 7) is 33.6. The number of hydrogen-bond acceptors (Lipinski definition) is 0. The van der Waals surface area contributed by atoms with Gasteiger partial charge in [-0.3, -0.25) is 0 Å². The van der Waals surface area contributed by atoms with E-state index >= 15 is 0 Å². The molecule has 0 radical (unpaired) electrons. The van der Waals surface area contributed by atoms with Crippen molar-refractivity contribution in [1.82, 2.24) is 0 Å². The molecule has 0 amide bonds. The highest BCUT2D eigenvalue weighted by Gasteiger charge is 2.61. The largest absolute Gasteiger partial charge is 1.00 e. The number of quaternary nitrogens is 2. The Morgan fingerprint density at radius 3 is 0.481 bits per heavy atom. The summed E-state index contributed by atoms with van der Waals surface area (Å²) in [6, 6.07) is 0. The predicted molar refractivity (Wildman–Crippen MR) is 230 cm³/mol. The van der Waals surface area contributed by atoms with Gasteiger partial charge in [-0.2, -0.15) is 0 Å². The minimum absolute atomic E-state index is 0. The van der Waals surface area contributed by atoms with Crippen LogP contribution in [0.15, 0.2) is 0 Å². The van der Waals surface area contributed by atoms with E-state index in [0.717, 1.165) is 0 Å². The molecule has 0 bridgehead atoms. The van der Waals surface area contributed by atoms with Crippen LogP contribution in [0.3, 0.4) is 0 Å². The van der Waals surface area contributed by atoms with Crippen LogP contribution in [0.4, 0.5) is 0 Å². The highest BCUT2D eigenvalue weighted by atomic mass is 79.9. The third-order valence-electron chi connectivity index (χ3n) is 14.1. The molecule has 0 aromatic carbocycles. The van der Waals surface area contributed by atoms with Crippen molar-refractivity contribution >= 4 is 0 Å². The molecule has 2 nitrogen and oxygen atoms in total. The quantitative estimate of drug-likeness (QED) is 0.0679. The van der Waals surface area contributed by atoms with Crippen LogP contribution in [0.5, 0.6) is 0 Å². The van der Waals surface area contributed by atoms with Gasteiger partial charge in [0.05, 0.1) is 0 Å². The lowest BCUT2D eigenvalue weighted by atomic mass is 9.45. The first kappa shape index (κ1) is 59.6. The Morgan fingerprint density at radius 2 is 0.365 bits per heavy atom. The zero-order valence-corrected chi connectivity index (χ0v) is 42.1. The van der Waals surface area contributed by atoms with Crippen molar-refractivity contribution in [3.63, 3.8) is 0 Å². The maximum atomic E-state index is 5.07. The highest BCUT2D eigenvalue weighted by molar-refractivity contribution is 5.09. The molecule has 0 heterocycles. The Kier molecular flexibility index (Phi) is 36.6. The molecule has 0 atom stereocenters. The van der Waals surface area contributed by atoms with Gasteiger partial charge < -0.3 is 45.4 Å². The first-order valence-corrected chi connectivity index (χ1v) is 23.6. The number of hydrogen-bond donors (Lipinski definition) is 2. The molecule has 0 rings (SSSR count). The van der Waals surface area contributed by atoms with Gasteiger partial charge in [0.1, 0.15) is 11.1 Å². The average molecular weight is 869 g/mol. The molecule has 320 valence electrons. The predicted octanol–water partition coefficient (Wildman–Crippen LogP) is 9.09. The maximum absolute atomic E-state index is 5.07. The molecule has 0 saturated carbocycles. The third kappa shape index (κ3) is 14.7. The summed E-state index contributed by atoms with van der Waals surface area (Å²) in [7, 11) is 0. The van der Waals surface area contributed by atoms with E-state index in [1.54, 1.807) is 0 Å². The SMILES string of the molecule is CCCC([NH3+])(CCC)C(CCC)(CCC)C(CCC)(CCC)CCC.CCCC([NH3+])(CCC)C(CCC)(CCC)C(CCC)(CCC)CCC.[Br-].[Br-]. The third-order valence-corrected chi connectivity index (χ3v) is 14.1. The zero-order chi connectivity index (χ0) is 38.8. The minimum Gasteiger partial charge on any atom is -1.00 e. The topological polar surface area (TPSA) is 55.3 Å². The average Bonchev–Trinajstić information content (AvgIpc) is 3.05. The molecule has 4 heteroatoms. The summed E-state index contributed by atoms with van der Waals surface area (Å²) >= 11 is 0. The lowest BCUT2D eigenvalue weighted by Crippen LogP contribution is -3.00. The molecule has 52 heavy (non-hydrogen) atoms. The van der Waals surface area contributed by atoms with Gasteiger partial charge in [0.2, 0.25) is 0 Å². The van der Waals surface area contributed by atoms with E-state index < -0.39 is 0 Å². The van der Waals surface area contributed by atoms with Crippen molar-refractivity contribution < 1.29 is 45.4 Å². The van der Waals surface area contributed by atoms with Crippen molar-refractivity contribution in [3.8, 4) is 0 Å². The van der Waals surface area contributed by atoms with E-state index in [-0.39, 0.29) is 45.0 Å². The summed E-state index contributed by atoms with van der Waals surface area (Å²) in [5.41, 5.74) is 12.5. The smallest absolute Gasteiger partial charge is 0.101 e. The normalized spacial score (nSPS) is 12.9. The van der Waals surface area contributed by atoms with Crippen LogP contribution in [0, 0.1) is 21.7 Å². The highest BCUT2D eigenvalue weighted by Crippen LogP contribution is 2.62. The first-order valence-electron chi connectivity index (χ1n) is 23.6. The van der Waals surface area contributed by atoms with E-state index in [4.69, 9.17) is 11.5 Å². The molecule has 0 spiro atoms. The lowest BCUT2D eigenvalue weighted by molar-refractivity contribution is -0.525. The monoisotopic (exact) mass is 867 g/mol. The van der Waals surface area contributed by atoms with E-state index in [1.807, 2.05) is 0 Å². The number of rotatable bonds is 32. The molecule has 6 N–H and O–H groups in total. The Balaban J connectivity index is -0.000000427. The molecule has 0 unspecified atom stereocenters. The maximum Gasteiger partial charge on any atom is 0.101 e. The molecule has 0 aliphatic heterocycles. The van der Waals surface area contributed by atoms with Gasteiger partial charge in [-0.15, -0.1) is 0 Å². The Hall–Kier alpha value is 0.880. The van der Waals surface area contributed by atoms with Crippen LogP contribution in [0.2, 0.25) is 0 Å². The fraction of sp³-hybridized carbons (Fsp3) is 1.00. The van der Waals surface area contributed by atoms with Gasteiger partial charge in [0.25, 0.3) is 0 Å². The molecular weight excluding hydrogens is 764 g/mol. The number of halogens is 2. The zero-order valence-electron chi connectivity index (χ0n) is 39.0. The van der Waals surface area contributed by atoms with Crippen LogP contribution in [-0.4, -0.2) is 11.1 Å². The molecule has 0 aliphatic carbocycles. The van der Waals surface area contributed by atoms with Gasteiger partial charge in [-0.1, -0.05) is 187 Å². The van der Waals surface area contributed by atoms with Crippen LogP contribution in [0.1, 0.15) is 277 Å². The fourth-order valence-electron chi connectivity index (χ4n) is 13.4. The summed E-state index contributed by atoms with van der Waals surface area (Å²) in [6.07, 6.45) is 37.4. The summed E-state index contributed by atoms with van der Waals surface area (Å²) in [4.78, 5) is 0. The lowest BCUT2D eigenvalue weighted by Gasteiger charge is -2.59. The van der Waals surface area contributed by atoms with E-state index in [9.17, 15) is 0 Å². The van der Waals surface area contributed by atoms with Crippen LogP contribution < -0.4 is 45.4 Å². The molecule has 0 aliphatic rings. The standard InChI is InChI=1S/2C24H51N.2BrH/c2*1-8-15-22(16-9-2,17-10-3)23(18-11-4,19-12-5)24(25,20-13-6)21-14-7;;/h2*8-21,25H2,1-7H3;2*1H. The van der Waals surface area contributed by atoms with Crippen LogP contribution in [-0.2, 0) is 0 Å². The second-order valence-electron chi connectivity index (χ2n) is 17.8. The van der Waals surface area contributed by atoms with Crippen LogP contribution in [0.25, 0.3) is 0 Å². The summed E-state index contributed by atoms with van der Waals surface area (Å²) in [5.74, 6) is 0. The summed E-state index contributed by atoms with van der Waals surface area (Å²) in [5, 5.41) is 0. The minimum atomic E-state index is 0. The van der Waals surface area contributed by atoms with Crippen molar-refractivity contribution in [2.75, 3.05) is 0 Å². The summed E-state index contributed by atoms with van der Waals surface area (Å²) < 4.78 is 0. The molecule has 0 aromatic heterocycles. The van der Waals surface area contributed by atoms with Crippen molar-refractivity contribution in [3.05, 3.63) is 0 Å².